The van der Waals surface area contributed by atoms with E-state index in [2.05, 4.69) is 120 Å². The molecule has 75 heavy (non-hydrogen) atoms. The molecule has 0 saturated heterocycles. The molecule has 394 valence electrons. The molecule has 5 aliphatic rings. The highest BCUT2D eigenvalue weighted by Gasteiger charge is 2.49. The minimum atomic E-state index is -0.661. The number of dihydropyridines is 1. The summed E-state index contributed by atoms with van der Waals surface area (Å²) in [5.41, 5.74) is 7.76. The number of Topliss-reactive ketones (excluding diaryl/α,β-unsaturated/α-hetero) is 2. The van der Waals surface area contributed by atoms with Gasteiger partial charge in [0.25, 0.3) is 0 Å². The van der Waals surface area contributed by atoms with Gasteiger partial charge in [-0.15, -0.1) is 0 Å². The number of aromatic amines is 1. The van der Waals surface area contributed by atoms with E-state index in [4.69, 9.17) is 4.74 Å². The fraction of sp³-hybridized carbons (Fsp3) is 0.477. The smallest absolute Gasteiger partial charge is 0.160 e. The van der Waals surface area contributed by atoms with Crippen LogP contribution in [0.1, 0.15) is 143 Å². The Balaban J connectivity index is 1.09. The predicted octanol–water partition coefficient (Wildman–Crippen LogP) is 11.3. The zero-order valence-electron chi connectivity index (χ0n) is 44.3. The fourth-order valence-electron chi connectivity index (χ4n) is 13.8. The molecule has 3 aliphatic carbocycles. The summed E-state index contributed by atoms with van der Waals surface area (Å²) < 4.78 is 5.57. The van der Waals surface area contributed by atoms with Crippen LogP contribution in [0.2, 0.25) is 0 Å². The topological polar surface area (TPSA) is 156 Å². The van der Waals surface area contributed by atoms with Crippen LogP contribution in [0.4, 0.5) is 5.69 Å². The summed E-state index contributed by atoms with van der Waals surface area (Å²) in [7, 11) is 1.53. The van der Waals surface area contributed by atoms with Crippen molar-refractivity contribution in [2.75, 3.05) is 32.1 Å². The summed E-state index contributed by atoms with van der Waals surface area (Å²) in [6.07, 6.45) is 15.9. The van der Waals surface area contributed by atoms with E-state index < -0.39 is 29.5 Å². The van der Waals surface area contributed by atoms with Crippen molar-refractivity contribution in [1.29, 1.82) is 0 Å². The number of benzene rings is 4. The van der Waals surface area contributed by atoms with Crippen LogP contribution in [-0.4, -0.2) is 70.8 Å². The van der Waals surface area contributed by atoms with Crippen LogP contribution in [0.25, 0.3) is 10.8 Å². The lowest BCUT2D eigenvalue weighted by atomic mass is 9.61. The number of carbonyl (C=O) groups is 2. The second-order valence-electron chi connectivity index (χ2n) is 22.9. The summed E-state index contributed by atoms with van der Waals surface area (Å²) >= 11 is 0. The molecule has 0 amide bonds. The van der Waals surface area contributed by atoms with E-state index >= 15 is 4.79 Å². The lowest BCUT2D eigenvalue weighted by Crippen LogP contribution is -2.48. The summed E-state index contributed by atoms with van der Waals surface area (Å²) in [6.45, 7) is 6.29. The molecule has 4 aromatic carbocycles. The Morgan fingerprint density at radius 2 is 1.67 bits per heavy atom. The van der Waals surface area contributed by atoms with Crippen molar-refractivity contribution >= 4 is 28.0 Å². The highest BCUT2D eigenvalue weighted by molar-refractivity contribution is 6.00. The lowest BCUT2D eigenvalue weighted by molar-refractivity contribution is -0.130. The molecular formula is C65H78N4O6. The van der Waals surface area contributed by atoms with E-state index in [9.17, 15) is 20.1 Å². The maximum Gasteiger partial charge on any atom is 0.160 e. The predicted molar refractivity (Wildman–Crippen MR) is 299 cm³/mol. The zero-order valence-corrected chi connectivity index (χ0v) is 44.3. The standard InChI is InChI=1S/C65H78N4O6/c1-4-11-56-50-29-44(28-47-18-21-55(46-12-7-5-8-13-46)57-37-60(73)61(75-3)34-48(57)17-20-53(70)36-59(72)58(47)33-50)26-43-22-25-67-63(31-43)69-52-19-16-45-15-14-42(27-49(45)32-52)30-54(71)40-66-38-41(2)51-35-62(68-39-51)65(64(56)74)23-9-6-10-24-65/h5,7-8,12-16,19,22,27,31-32,34-35,37,39,41,44,47,50,54-56,58,64,66-69,71,73-74H,4,6,9-11,17,20,23-26,28-30,33,36,38,40H2,1-3H3/t41-,44-,47-,50-,54-,55-,56-,58+,64-/m1/s1. The van der Waals surface area contributed by atoms with Crippen molar-refractivity contribution in [1.82, 2.24) is 15.6 Å². The summed E-state index contributed by atoms with van der Waals surface area (Å²) in [6, 6.07) is 28.9. The number of phenols is 1. The van der Waals surface area contributed by atoms with Crippen LogP contribution in [0.3, 0.4) is 0 Å². The number of aliphatic hydroxyl groups excluding tert-OH is 2. The van der Waals surface area contributed by atoms with E-state index in [1.54, 1.807) is 6.07 Å². The molecule has 10 rings (SSSR count). The van der Waals surface area contributed by atoms with Crippen LogP contribution in [0.5, 0.6) is 11.5 Å². The monoisotopic (exact) mass is 1010 g/mol. The number of fused-ring (bicyclic) bond motifs is 10. The van der Waals surface area contributed by atoms with E-state index in [1.807, 2.05) is 24.3 Å². The van der Waals surface area contributed by atoms with E-state index in [0.717, 1.165) is 108 Å². The number of hydrogen-bond donors (Lipinski definition) is 7. The van der Waals surface area contributed by atoms with Crippen LogP contribution >= 0.6 is 0 Å². The van der Waals surface area contributed by atoms with Crippen LogP contribution < -0.4 is 20.7 Å². The molecule has 10 nitrogen and oxygen atoms in total. The third kappa shape index (κ3) is 11.8. The summed E-state index contributed by atoms with van der Waals surface area (Å²) in [5, 5.41) is 49.1. The SMILES string of the molecule is CCC[C@@H]1[C@@H]2C[C@H](CC3=CCNC(=C3)Nc3ccc4ccc(cc4c3)C[C@@H](O)CNC[C@@H](C)c3c[nH]c(c3)C3(CCCCC3)[C@@H]1O)C[C@H]1C#C[C@H](c3ccccc3)c3cc(O)c(OC)cc3CCC(=O)CC(=O)[C@H]1C2. The average molecular weight is 1010 g/mol. The largest absolute Gasteiger partial charge is 0.504 e. The van der Waals surface area contributed by atoms with Gasteiger partial charge in [-0.2, -0.15) is 0 Å². The van der Waals surface area contributed by atoms with Crippen LogP contribution in [0.15, 0.2) is 115 Å². The van der Waals surface area contributed by atoms with Crippen molar-refractivity contribution in [3.8, 4) is 23.3 Å². The van der Waals surface area contributed by atoms with Crippen LogP contribution in [0, 0.1) is 41.4 Å². The molecule has 2 aliphatic heterocycles. The molecule has 7 N–H and O–H groups in total. The number of H-pyrrole nitrogens is 1. The highest BCUT2D eigenvalue weighted by atomic mass is 16.5. The van der Waals surface area contributed by atoms with Gasteiger partial charge in [0.05, 0.1) is 31.7 Å². The molecule has 2 saturated carbocycles. The number of methoxy groups -OCH3 is 1. The summed E-state index contributed by atoms with van der Waals surface area (Å²) in [4.78, 5) is 33.1. The number of allylic oxidation sites excluding steroid dienone is 2. The van der Waals surface area contributed by atoms with E-state index in [-0.39, 0.29) is 59.7 Å². The molecular weight excluding hydrogens is 933 g/mol. The number of aryl methyl sites for hydroxylation is 1. The van der Waals surface area contributed by atoms with Crippen molar-refractivity contribution in [3.05, 3.63) is 148 Å². The first kappa shape index (κ1) is 52.3. The number of ether oxygens (including phenoxy) is 1. The molecule has 5 aromatic rings. The number of rotatable bonds is 4. The van der Waals surface area contributed by atoms with E-state index in [1.165, 1.54) is 18.2 Å². The number of hydrogen-bond acceptors (Lipinski definition) is 9. The van der Waals surface area contributed by atoms with Gasteiger partial charge in [-0.1, -0.05) is 112 Å². The number of carbonyl (C=O) groups excluding carboxylic acids is 2. The number of aromatic nitrogens is 1. The Hall–Kier alpha value is -6.12. The first-order chi connectivity index (χ1) is 36.5. The minimum Gasteiger partial charge on any atom is -0.504 e. The number of ketones is 2. The Kier molecular flexibility index (Phi) is 16.3. The Bertz CT molecular complexity index is 2960. The quantitative estimate of drug-likeness (QED) is 0.0688. The first-order valence-corrected chi connectivity index (χ1v) is 28.2. The van der Waals surface area contributed by atoms with Gasteiger partial charge in [0.2, 0.25) is 0 Å². The molecule has 0 radical (unpaired) electrons. The molecule has 10 heteroatoms. The number of phenolic OH excluding ortho intramolecular Hbond substituents is 1. The third-order valence-corrected chi connectivity index (χ3v) is 17.8. The molecule has 1 spiro atoms. The van der Waals surface area contributed by atoms with E-state index in [0.29, 0.717) is 51.1 Å². The second kappa shape index (κ2) is 23.4. The van der Waals surface area contributed by atoms with Gasteiger partial charge in [-0.25, -0.2) is 0 Å². The number of aromatic hydroxyl groups is 1. The molecule has 1 aromatic heterocycles. The second-order valence-corrected chi connectivity index (χ2v) is 22.9. The Morgan fingerprint density at radius 3 is 2.48 bits per heavy atom. The van der Waals surface area contributed by atoms with Gasteiger partial charge in [0, 0.05) is 60.9 Å². The van der Waals surface area contributed by atoms with Gasteiger partial charge < -0.3 is 41.0 Å². The van der Waals surface area contributed by atoms with Gasteiger partial charge in [0.1, 0.15) is 17.4 Å². The molecule has 3 heterocycles. The maximum atomic E-state index is 15.2. The normalized spacial score (nSPS) is 27.7. The van der Waals surface area contributed by atoms with Crippen LogP contribution in [-0.2, 0) is 27.8 Å². The summed E-state index contributed by atoms with van der Waals surface area (Å²) in [5.74, 6) is 7.62. The highest BCUT2D eigenvalue weighted by Crippen LogP contribution is 2.51. The van der Waals surface area contributed by atoms with Crippen molar-refractivity contribution in [3.63, 3.8) is 0 Å². The molecule has 0 unspecified atom stereocenters. The third-order valence-electron chi connectivity index (χ3n) is 17.8. The fourth-order valence-corrected chi connectivity index (χ4v) is 13.8. The molecule has 2 fully saturated rings. The molecule has 9 bridgehead atoms. The first-order valence-electron chi connectivity index (χ1n) is 28.2. The maximum absolute atomic E-state index is 15.2. The van der Waals surface area contributed by atoms with Gasteiger partial charge in [0.15, 0.2) is 11.5 Å². The van der Waals surface area contributed by atoms with Gasteiger partial charge in [-0.05, 0) is 162 Å². The van der Waals surface area contributed by atoms with Crippen molar-refractivity contribution in [2.24, 2.45) is 29.6 Å². The number of nitrogens with one attached hydrogen (secondary N) is 4. The number of β-amino-alcohol motifs (C(OH)–C–C–N with tert-alkyl or cyclic N) is 1. The van der Waals surface area contributed by atoms with Gasteiger partial charge in [-0.3, -0.25) is 9.59 Å². The lowest BCUT2D eigenvalue weighted by Gasteiger charge is -2.46. The molecule has 9 atom stereocenters. The average Bonchev–Trinajstić information content (AvgIpc) is 3.86. The van der Waals surface area contributed by atoms with Crippen molar-refractivity contribution in [2.45, 2.75) is 140 Å². The Labute approximate surface area is 444 Å². The number of aliphatic hydroxyl groups is 2. The minimum absolute atomic E-state index is 0.00703. The number of anilines is 1. The van der Waals surface area contributed by atoms with Crippen molar-refractivity contribution < 1.29 is 29.6 Å². The zero-order chi connectivity index (χ0) is 52.1. The van der Waals surface area contributed by atoms with Gasteiger partial charge >= 0.3 is 0 Å². The Morgan fingerprint density at radius 1 is 0.840 bits per heavy atom.